The minimum atomic E-state index is 0.567. The zero-order valence-corrected chi connectivity index (χ0v) is 13.4. The third kappa shape index (κ3) is 4.76. The third-order valence-electron chi connectivity index (χ3n) is 3.26. The summed E-state index contributed by atoms with van der Waals surface area (Å²) in [6.45, 7) is 4.57. The summed E-state index contributed by atoms with van der Waals surface area (Å²) in [5.41, 5.74) is 1.17. The van der Waals surface area contributed by atoms with Crippen molar-refractivity contribution in [2.24, 2.45) is 7.05 Å². The maximum atomic E-state index is 6.26. The van der Waals surface area contributed by atoms with Crippen LogP contribution in [-0.2, 0) is 20.0 Å². The number of ether oxygens (including phenoxy) is 1. The van der Waals surface area contributed by atoms with Crippen LogP contribution in [0.1, 0.15) is 24.7 Å². The molecule has 1 aromatic carbocycles. The molecular weight excluding hydrogens is 286 g/mol. The molecule has 0 saturated carbocycles. The van der Waals surface area contributed by atoms with Crippen molar-refractivity contribution in [3.8, 4) is 5.75 Å². The molecular formula is C16H22ClN3O. The van der Waals surface area contributed by atoms with Gasteiger partial charge in [0.25, 0.3) is 0 Å². The molecule has 2 aromatic rings. The molecule has 2 rings (SSSR count). The van der Waals surface area contributed by atoms with Crippen LogP contribution in [0, 0.1) is 0 Å². The van der Waals surface area contributed by atoms with Crippen molar-refractivity contribution in [3.63, 3.8) is 0 Å². The summed E-state index contributed by atoms with van der Waals surface area (Å²) in [5.74, 6) is 1.73. The minimum absolute atomic E-state index is 0.567. The van der Waals surface area contributed by atoms with Crippen LogP contribution in [-0.4, -0.2) is 22.7 Å². The van der Waals surface area contributed by atoms with E-state index in [4.69, 9.17) is 16.3 Å². The van der Waals surface area contributed by atoms with Gasteiger partial charge in [0.2, 0.25) is 0 Å². The van der Waals surface area contributed by atoms with Crippen LogP contribution < -0.4 is 10.1 Å². The summed E-state index contributed by atoms with van der Waals surface area (Å²) >= 11 is 6.26. The van der Waals surface area contributed by atoms with E-state index >= 15 is 0 Å². The molecule has 0 aliphatic carbocycles. The first-order chi connectivity index (χ1) is 10.2. The molecule has 0 spiro atoms. The van der Waals surface area contributed by atoms with Crippen LogP contribution in [0.15, 0.2) is 30.6 Å². The summed E-state index contributed by atoms with van der Waals surface area (Å²) in [4.78, 5) is 4.27. The van der Waals surface area contributed by atoms with Crippen molar-refractivity contribution in [1.82, 2.24) is 14.9 Å². The topological polar surface area (TPSA) is 39.1 Å². The highest BCUT2D eigenvalue weighted by molar-refractivity contribution is 6.32. The number of hydrogen-bond donors (Lipinski definition) is 1. The quantitative estimate of drug-likeness (QED) is 0.761. The number of aromatic nitrogens is 2. The van der Waals surface area contributed by atoms with E-state index in [0.717, 1.165) is 37.5 Å². The Hall–Kier alpha value is -1.52. The van der Waals surface area contributed by atoms with E-state index in [1.54, 1.807) is 6.20 Å². The van der Waals surface area contributed by atoms with Gasteiger partial charge in [-0.15, -0.1) is 0 Å². The van der Waals surface area contributed by atoms with Crippen molar-refractivity contribution < 1.29 is 4.74 Å². The van der Waals surface area contributed by atoms with Gasteiger partial charge in [0, 0.05) is 32.4 Å². The fourth-order valence-electron chi connectivity index (χ4n) is 2.07. The summed E-state index contributed by atoms with van der Waals surface area (Å²) in [6, 6.07) is 5.94. The van der Waals surface area contributed by atoms with Crippen molar-refractivity contribution >= 4 is 11.6 Å². The van der Waals surface area contributed by atoms with Gasteiger partial charge in [-0.05, 0) is 30.7 Å². The Bertz CT molecular complexity index is 568. The fourth-order valence-corrected chi connectivity index (χ4v) is 2.33. The van der Waals surface area contributed by atoms with E-state index in [-0.39, 0.29) is 0 Å². The van der Waals surface area contributed by atoms with E-state index in [1.807, 2.05) is 36.0 Å². The predicted octanol–water partition coefficient (Wildman–Crippen LogP) is 3.19. The molecule has 0 aliphatic rings. The lowest BCUT2D eigenvalue weighted by Crippen LogP contribution is -2.13. The molecule has 114 valence electrons. The van der Waals surface area contributed by atoms with Crippen LogP contribution >= 0.6 is 11.6 Å². The van der Waals surface area contributed by atoms with E-state index in [1.165, 1.54) is 5.56 Å². The van der Waals surface area contributed by atoms with E-state index in [0.29, 0.717) is 11.6 Å². The van der Waals surface area contributed by atoms with Gasteiger partial charge >= 0.3 is 0 Å². The highest BCUT2D eigenvalue weighted by Crippen LogP contribution is 2.25. The Balaban J connectivity index is 1.84. The van der Waals surface area contributed by atoms with Crippen LogP contribution in [0.3, 0.4) is 0 Å². The molecule has 0 atom stereocenters. The first-order valence-electron chi connectivity index (χ1n) is 7.29. The van der Waals surface area contributed by atoms with Crippen LogP contribution in [0.2, 0.25) is 5.02 Å². The molecule has 0 bridgehead atoms. The Morgan fingerprint density at radius 3 is 2.90 bits per heavy atom. The van der Waals surface area contributed by atoms with Gasteiger partial charge in [-0.1, -0.05) is 24.6 Å². The maximum absolute atomic E-state index is 6.26. The molecule has 0 aliphatic heterocycles. The van der Waals surface area contributed by atoms with Crippen molar-refractivity contribution in [2.45, 2.75) is 26.3 Å². The lowest BCUT2D eigenvalue weighted by Gasteiger charge is -2.10. The zero-order valence-electron chi connectivity index (χ0n) is 12.6. The molecule has 21 heavy (non-hydrogen) atoms. The van der Waals surface area contributed by atoms with Crippen LogP contribution in [0.25, 0.3) is 0 Å². The number of nitrogens with zero attached hydrogens (tertiary/aromatic N) is 2. The molecule has 0 fully saturated rings. The maximum Gasteiger partial charge on any atom is 0.137 e. The van der Waals surface area contributed by atoms with E-state index in [9.17, 15) is 0 Å². The molecule has 0 amide bonds. The van der Waals surface area contributed by atoms with E-state index < -0.39 is 0 Å². The molecule has 4 nitrogen and oxygen atoms in total. The summed E-state index contributed by atoms with van der Waals surface area (Å²) in [6.07, 6.45) is 5.61. The Kier molecular flexibility index (Phi) is 6.08. The Labute approximate surface area is 131 Å². The molecule has 1 aromatic heterocycles. The Morgan fingerprint density at radius 1 is 1.38 bits per heavy atom. The zero-order chi connectivity index (χ0) is 15.1. The monoisotopic (exact) mass is 307 g/mol. The van der Waals surface area contributed by atoms with Gasteiger partial charge in [0.05, 0.1) is 11.6 Å². The highest BCUT2D eigenvalue weighted by atomic mass is 35.5. The number of halogens is 1. The number of aryl methyl sites for hydroxylation is 1. The third-order valence-corrected chi connectivity index (χ3v) is 3.55. The van der Waals surface area contributed by atoms with Gasteiger partial charge < -0.3 is 14.6 Å². The molecule has 1 heterocycles. The highest BCUT2D eigenvalue weighted by Gasteiger charge is 2.05. The average Bonchev–Trinajstić information content (AvgIpc) is 2.87. The number of nitrogens with one attached hydrogen (secondary N) is 1. The summed E-state index contributed by atoms with van der Waals surface area (Å²) < 4.78 is 7.73. The minimum Gasteiger partial charge on any atom is -0.492 e. The SMILES string of the molecule is CCCNCc1ccc(OCCc2nccn2C)c(Cl)c1. The lowest BCUT2D eigenvalue weighted by atomic mass is 10.2. The number of imidazole rings is 1. The van der Waals surface area contributed by atoms with Gasteiger partial charge in [-0.2, -0.15) is 0 Å². The second kappa shape index (κ2) is 8.05. The van der Waals surface area contributed by atoms with Crippen molar-refractivity contribution in [3.05, 3.63) is 47.0 Å². The smallest absolute Gasteiger partial charge is 0.137 e. The molecule has 0 unspecified atom stereocenters. The van der Waals surface area contributed by atoms with Gasteiger partial charge in [0.1, 0.15) is 11.6 Å². The number of rotatable bonds is 8. The molecule has 0 saturated heterocycles. The second-order valence-electron chi connectivity index (χ2n) is 4.99. The lowest BCUT2D eigenvalue weighted by molar-refractivity contribution is 0.317. The largest absolute Gasteiger partial charge is 0.492 e. The Morgan fingerprint density at radius 2 is 2.24 bits per heavy atom. The van der Waals surface area contributed by atoms with Crippen molar-refractivity contribution in [1.29, 1.82) is 0 Å². The van der Waals surface area contributed by atoms with Crippen molar-refractivity contribution in [2.75, 3.05) is 13.2 Å². The van der Waals surface area contributed by atoms with Crippen LogP contribution in [0.4, 0.5) is 0 Å². The number of benzene rings is 1. The normalized spacial score (nSPS) is 10.8. The van der Waals surface area contributed by atoms with Crippen LogP contribution in [0.5, 0.6) is 5.75 Å². The van der Waals surface area contributed by atoms with Gasteiger partial charge in [0.15, 0.2) is 0 Å². The van der Waals surface area contributed by atoms with Gasteiger partial charge in [-0.3, -0.25) is 0 Å². The van der Waals surface area contributed by atoms with Gasteiger partial charge in [-0.25, -0.2) is 4.98 Å². The first kappa shape index (κ1) is 15.9. The molecule has 5 heteroatoms. The predicted molar refractivity (Wildman–Crippen MR) is 85.9 cm³/mol. The molecule has 0 radical (unpaired) electrons. The second-order valence-corrected chi connectivity index (χ2v) is 5.40. The summed E-state index contributed by atoms with van der Waals surface area (Å²) in [7, 11) is 1.98. The fraction of sp³-hybridized carbons (Fsp3) is 0.438. The number of hydrogen-bond acceptors (Lipinski definition) is 3. The first-order valence-corrected chi connectivity index (χ1v) is 7.66. The molecule has 1 N–H and O–H groups in total. The standard InChI is InChI=1S/C16H22ClN3O/c1-3-7-18-12-13-4-5-15(14(17)11-13)21-10-6-16-19-8-9-20(16)2/h4-5,8-9,11,18H,3,6-7,10,12H2,1-2H3. The average molecular weight is 308 g/mol. The summed E-state index contributed by atoms with van der Waals surface area (Å²) in [5, 5.41) is 4.01. The van der Waals surface area contributed by atoms with E-state index in [2.05, 4.69) is 17.2 Å².